The molecule has 1 atom stereocenters. The average Bonchev–Trinajstić information content (AvgIpc) is 2.28. The van der Waals surface area contributed by atoms with E-state index in [-0.39, 0.29) is 23.3 Å². The second kappa shape index (κ2) is 5.76. The molecule has 0 saturated carbocycles. The van der Waals surface area contributed by atoms with E-state index >= 15 is 0 Å². The molecule has 0 aromatic carbocycles. The maximum absolute atomic E-state index is 11.7. The molecule has 1 rings (SSSR count). The standard InChI is InChI=1S/C12H14N2O2/c1-3-5-9(4-2)14-12(16)10-6-7-13-8-11(10)15/h1,6-9,15H,4-5H2,2H3,(H,14,16). The van der Waals surface area contributed by atoms with Crippen LogP contribution < -0.4 is 5.32 Å². The summed E-state index contributed by atoms with van der Waals surface area (Å²) in [5.74, 6) is 2.04. The zero-order chi connectivity index (χ0) is 12.0. The number of nitrogens with zero attached hydrogens (tertiary/aromatic N) is 1. The molecule has 1 heterocycles. The number of rotatable bonds is 4. The van der Waals surface area contributed by atoms with Crippen molar-refractivity contribution in [1.29, 1.82) is 0 Å². The van der Waals surface area contributed by atoms with Crippen LogP contribution in [0.4, 0.5) is 0 Å². The monoisotopic (exact) mass is 218 g/mol. The predicted molar refractivity (Wildman–Crippen MR) is 60.9 cm³/mol. The molecule has 84 valence electrons. The van der Waals surface area contributed by atoms with Gasteiger partial charge in [0, 0.05) is 18.7 Å². The van der Waals surface area contributed by atoms with Crippen LogP contribution in [0.2, 0.25) is 0 Å². The summed E-state index contributed by atoms with van der Waals surface area (Å²) in [5.41, 5.74) is 0.213. The Labute approximate surface area is 94.7 Å². The van der Waals surface area contributed by atoms with E-state index in [0.29, 0.717) is 6.42 Å². The zero-order valence-electron chi connectivity index (χ0n) is 9.10. The van der Waals surface area contributed by atoms with Crippen LogP contribution in [-0.2, 0) is 0 Å². The summed E-state index contributed by atoms with van der Waals surface area (Å²) in [7, 11) is 0. The van der Waals surface area contributed by atoms with Gasteiger partial charge in [0.1, 0.15) is 5.75 Å². The summed E-state index contributed by atoms with van der Waals surface area (Å²) in [6.07, 6.45) is 9.11. The number of hydrogen-bond acceptors (Lipinski definition) is 3. The lowest BCUT2D eigenvalue weighted by Crippen LogP contribution is -2.34. The van der Waals surface area contributed by atoms with E-state index in [1.807, 2.05) is 6.92 Å². The van der Waals surface area contributed by atoms with Crippen molar-refractivity contribution in [3.05, 3.63) is 24.0 Å². The van der Waals surface area contributed by atoms with Crippen molar-refractivity contribution in [3.8, 4) is 18.1 Å². The van der Waals surface area contributed by atoms with Crippen LogP contribution in [0.25, 0.3) is 0 Å². The molecule has 0 spiro atoms. The molecule has 0 bridgehead atoms. The Morgan fingerprint density at radius 2 is 2.50 bits per heavy atom. The first-order valence-corrected chi connectivity index (χ1v) is 5.06. The highest BCUT2D eigenvalue weighted by atomic mass is 16.3. The van der Waals surface area contributed by atoms with Crippen LogP contribution in [-0.4, -0.2) is 22.0 Å². The zero-order valence-corrected chi connectivity index (χ0v) is 9.10. The highest BCUT2D eigenvalue weighted by Gasteiger charge is 2.14. The van der Waals surface area contributed by atoms with Crippen molar-refractivity contribution >= 4 is 5.91 Å². The molecule has 4 heteroatoms. The van der Waals surface area contributed by atoms with Gasteiger partial charge in [-0.1, -0.05) is 6.92 Å². The SMILES string of the molecule is C#CCC(CC)NC(=O)c1ccncc1O. The lowest BCUT2D eigenvalue weighted by molar-refractivity contribution is 0.0934. The van der Waals surface area contributed by atoms with Crippen LogP contribution >= 0.6 is 0 Å². The molecule has 1 aromatic heterocycles. The van der Waals surface area contributed by atoms with E-state index in [0.717, 1.165) is 6.42 Å². The quantitative estimate of drug-likeness (QED) is 0.749. The van der Waals surface area contributed by atoms with E-state index < -0.39 is 0 Å². The molecule has 0 saturated heterocycles. The Kier molecular flexibility index (Phi) is 4.34. The number of terminal acetylenes is 1. The second-order valence-corrected chi connectivity index (χ2v) is 3.38. The number of carbonyl (C=O) groups excluding carboxylic acids is 1. The molecule has 0 aliphatic rings. The van der Waals surface area contributed by atoms with Gasteiger partial charge in [0.2, 0.25) is 0 Å². The Balaban J connectivity index is 2.73. The first-order chi connectivity index (χ1) is 7.69. The maximum atomic E-state index is 11.7. The Hall–Kier alpha value is -2.02. The summed E-state index contributed by atoms with van der Waals surface area (Å²) in [6, 6.07) is 1.40. The molecule has 0 aliphatic heterocycles. The van der Waals surface area contributed by atoms with Crippen molar-refractivity contribution in [2.24, 2.45) is 0 Å². The first kappa shape index (κ1) is 12.1. The molecule has 1 aromatic rings. The molecule has 0 fully saturated rings. The number of nitrogens with one attached hydrogen (secondary N) is 1. The Morgan fingerprint density at radius 1 is 1.75 bits per heavy atom. The van der Waals surface area contributed by atoms with Crippen molar-refractivity contribution < 1.29 is 9.90 Å². The van der Waals surface area contributed by atoms with Gasteiger partial charge in [-0.15, -0.1) is 12.3 Å². The van der Waals surface area contributed by atoms with Gasteiger partial charge in [-0.3, -0.25) is 9.78 Å². The van der Waals surface area contributed by atoms with Crippen LogP contribution in [0, 0.1) is 12.3 Å². The molecule has 0 aliphatic carbocycles. The fourth-order valence-electron chi connectivity index (χ4n) is 1.28. The van der Waals surface area contributed by atoms with Crippen LogP contribution in [0.1, 0.15) is 30.1 Å². The molecular weight excluding hydrogens is 204 g/mol. The Morgan fingerprint density at radius 3 is 3.06 bits per heavy atom. The molecule has 4 nitrogen and oxygen atoms in total. The fraction of sp³-hybridized carbons (Fsp3) is 0.333. The van der Waals surface area contributed by atoms with E-state index in [1.54, 1.807) is 0 Å². The molecule has 2 N–H and O–H groups in total. The van der Waals surface area contributed by atoms with Crippen molar-refractivity contribution in [2.45, 2.75) is 25.8 Å². The number of amides is 1. The van der Waals surface area contributed by atoms with Gasteiger partial charge in [0.15, 0.2) is 0 Å². The van der Waals surface area contributed by atoms with E-state index in [4.69, 9.17) is 6.42 Å². The Bertz CT molecular complexity index is 410. The van der Waals surface area contributed by atoms with Crippen molar-refractivity contribution in [3.63, 3.8) is 0 Å². The largest absolute Gasteiger partial charge is 0.505 e. The van der Waals surface area contributed by atoms with E-state index in [1.165, 1.54) is 18.5 Å². The lowest BCUT2D eigenvalue weighted by atomic mass is 10.1. The smallest absolute Gasteiger partial charge is 0.255 e. The van der Waals surface area contributed by atoms with Gasteiger partial charge >= 0.3 is 0 Å². The van der Waals surface area contributed by atoms with Gasteiger partial charge in [0.25, 0.3) is 5.91 Å². The summed E-state index contributed by atoms with van der Waals surface area (Å²) >= 11 is 0. The third-order valence-electron chi connectivity index (χ3n) is 2.24. The maximum Gasteiger partial charge on any atom is 0.255 e. The van der Waals surface area contributed by atoms with Gasteiger partial charge in [-0.05, 0) is 12.5 Å². The number of hydrogen-bond donors (Lipinski definition) is 2. The van der Waals surface area contributed by atoms with Gasteiger partial charge in [0.05, 0.1) is 11.8 Å². The van der Waals surface area contributed by atoms with Crippen LogP contribution in [0.15, 0.2) is 18.5 Å². The van der Waals surface area contributed by atoms with Gasteiger partial charge in [-0.25, -0.2) is 0 Å². The summed E-state index contributed by atoms with van der Waals surface area (Å²) in [4.78, 5) is 15.4. The predicted octanol–water partition coefficient (Wildman–Crippen LogP) is 1.32. The summed E-state index contributed by atoms with van der Waals surface area (Å²) < 4.78 is 0. The van der Waals surface area contributed by atoms with Gasteiger partial charge in [-0.2, -0.15) is 0 Å². The van der Waals surface area contributed by atoms with Crippen LogP contribution in [0.3, 0.4) is 0 Å². The molecule has 1 unspecified atom stereocenters. The summed E-state index contributed by atoms with van der Waals surface area (Å²) in [6.45, 7) is 1.94. The molecule has 1 amide bonds. The minimum absolute atomic E-state index is 0.0648. The highest BCUT2D eigenvalue weighted by Crippen LogP contribution is 2.14. The normalized spacial score (nSPS) is 11.5. The van der Waals surface area contributed by atoms with Crippen molar-refractivity contribution in [1.82, 2.24) is 10.3 Å². The summed E-state index contributed by atoms with van der Waals surface area (Å²) in [5, 5.41) is 12.2. The third kappa shape index (κ3) is 2.99. The molecular formula is C12H14N2O2. The average molecular weight is 218 g/mol. The third-order valence-corrected chi connectivity index (χ3v) is 2.24. The second-order valence-electron chi connectivity index (χ2n) is 3.38. The lowest BCUT2D eigenvalue weighted by Gasteiger charge is -2.14. The van der Waals surface area contributed by atoms with Crippen molar-refractivity contribution in [2.75, 3.05) is 0 Å². The van der Waals surface area contributed by atoms with E-state index in [9.17, 15) is 9.90 Å². The first-order valence-electron chi connectivity index (χ1n) is 5.06. The fourth-order valence-corrected chi connectivity index (χ4v) is 1.28. The number of aromatic hydroxyl groups is 1. The number of pyridine rings is 1. The number of aromatic nitrogens is 1. The molecule has 0 radical (unpaired) electrons. The van der Waals surface area contributed by atoms with Crippen LogP contribution in [0.5, 0.6) is 5.75 Å². The number of carbonyl (C=O) groups is 1. The topological polar surface area (TPSA) is 62.2 Å². The minimum atomic E-state index is -0.331. The molecule has 16 heavy (non-hydrogen) atoms. The van der Waals surface area contributed by atoms with E-state index in [2.05, 4.69) is 16.2 Å². The minimum Gasteiger partial charge on any atom is -0.505 e. The van der Waals surface area contributed by atoms with Gasteiger partial charge < -0.3 is 10.4 Å². The highest BCUT2D eigenvalue weighted by molar-refractivity contribution is 5.96.